The molecule has 102 valence electrons. The van der Waals surface area contributed by atoms with Crippen molar-refractivity contribution in [1.82, 2.24) is 5.32 Å². The van der Waals surface area contributed by atoms with Crippen molar-refractivity contribution in [2.75, 3.05) is 7.05 Å². The lowest BCUT2D eigenvalue weighted by molar-refractivity contribution is 0.558. The normalized spacial score (nSPS) is 12.7. The van der Waals surface area contributed by atoms with E-state index in [1.54, 1.807) is 7.05 Å². The van der Waals surface area contributed by atoms with Crippen molar-refractivity contribution in [3.8, 4) is 0 Å². The highest BCUT2D eigenvalue weighted by Gasteiger charge is 2.22. The monoisotopic (exact) mass is 429 g/mol. The fraction of sp³-hybridized carbons (Fsp3) is 0.167. The van der Waals surface area contributed by atoms with Crippen LogP contribution in [0.4, 0.5) is 8.78 Å². The Morgan fingerprint density at radius 3 is 2.37 bits per heavy atom. The molecule has 0 saturated heterocycles. The molecule has 0 bridgehead atoms. The average molecular weight is 432 g/mol. The summed E-state index contributed by atoms with van der Waals surface area (Å²) < 4.78 is 29.3. The van der Waals surface area contributed by atoms with E-state index in [9.17, 15) is 8.78 Å². The van der Waals surface area contributed by atoms with Gasteiger partial charge >= 0.3 is 0 Å². The third kappa shape index (κ3) is 3.19. The Balaban J connectivity index is 2.54. The van der Waals surface area contributed by atoms with Crippen molar-refractivity contribution in [3.05, 3.63) is 53.6 Å². The summed E-state index contributed by atoms with van der Waals surface area (Å²) in [5.74, 6) is -1.18. The minimum absolute atomic E-state index is 0.218. The van der Waals surface area contributed by atoms with E-state index < -0.39 is 17.7 Å². The van der Waals surface area contributed by atoms with Crippen molar-refractivity contribution in [1.29, 1.82) is 0 Å². The lowest BCUT2D eigenvalue weighted by Gasteiger charge is -2.17. The highest BCUT2D eigenvalue weighted by atomic mass is 79.9. The number of hydrogen-bond donors (Lipinski definition) is 1. The molecule has 0 spiro atoms. The third-order valence-electron chi connectivity index (χ3n) is 2.63. The fourth-order valence-corrected chi connectivity index (χ4v) is 4.84. The summed E-state index contributed by atoms with van der Waals surface area (Å²) in [5, 5.41) is 2.76. The molecule has 2 rings (SSSR count). The lowest BCUT2D eigenvalue weighted by Crippen LogP contribution is -2.19. The second-order valence-electron chi connectivity index (χ2n) is 3.79. The van der Waals surface area contributed by atoms with Crippen molar-refractivity contribution < 1.29 is 8.78 Å². The van der Waals surface area contributed by atoms with Crippen LogP contribution in [-0.4, -0.2) is 7.05 Å². The molecular formula is C12H8Br2ClF2NS. The maximum atomic E-state index is 14.0. The Labute approximate surface area is 135 Å². The molecule has 0 saturated carbocycles. The predicted molar refractivity (Wildman–Crippen MR) is 82.0 cm³/mol. The second-order valence-corrected chi connectivity index (χ2v) is 7.95. The molecule has 0 fully saturated rings. The van der Waals surface area contributed by atoms with E-state index in [0.29, 0.717) is 0 Å². The van der Waals surface area contributed by atoms with Crippen LogP contribution >= 0.6 is 54.8 Å². The summed E-state index contributed by atoms with van der Waals surface area (Å²) in [6, 6.07) is 3.52. The van der Waals surface area contributed by atoms with Crippen molar-refractivity contribution in [3.63, 3.8) is 0 Å². The average Bonchev–Trinajstić information content (AvgIpc) is 2.66. The van der Waals surface area contributed by atoms with E-state index in [-0.39, 0.29) is 10.6 Å². The molecule has 0 aliphatic heterocycles. The second kappa shape index (κ2) is 6.18. The molecular weight excluding hydrogens is 423 g/mol. The molecule has 0 radical (unpaired) electrons. The number of nitrogens with one attached hydrogen (secondary N) is 1. The van der Waals surface area contributed by atoms with Crippen molar-refractivity contribution in [2.45, 2.75) is 6.04 Å². The minimum atomic E-state index is -0.635. The van der Waals surface area contributed by atoms with Gasteiger partial charge in [0, 0.05) is 5.56 Å². The zero-order valence-corrected chi connectivity index (χ0v) is 14.4. The Morgan fingerprint density at radius 2 is 1.84 bits per heavy atom. The summed E-state index contributed by atoms with van der Waals surface area (Å²) in [5.41, 5.74) is 1.05. The van der Waals surface area contributed by atoms with Gasteiger partial charge in [-0.1, -0.05) is 11.6 Å². The number of halogens is 5. The van der Waals surface area contributed by atoms with Crippen LogP contribution in [0.15, 0.2) is 25.8 Å². The van der Waals surface area contributed by atoms with Crippen LogP contribution in [0.3, 0.4) is 0 Å². The van der Waals surface area contributed by atoms with Gasteiger partial charge in [0.05, 0.1) is 18.6 Å². The molecule has 1 N–H and O–H groups in total. The van der Waals surface area contributed by atoms with Crippen LogP contribution in [0.5, 0.6) is 0 Å². The zero-order chi connectivity index (χ0) is 14.2. The predicted octanol–water partition coefficient (Wildman–Crippen LogP) is 5.51. The van der Waals surface area contributed by atoms with Gasteiger partial charge in [-0.05, 0) is 62.7 Å². The Hall–Kier alpha value is -0.0100. The molecule has 0 aliphatic rings. The fourth-order valence-electron chi connectivity index (χ4n) is 1.79. The van der Waals surface area contributed by atoms with Crippen molar-refractivity contribution >= 4 is 54.8 Å². The SMILES string of the molecule is CNC(c1cc(F)c(Cl)cc1F)c1cc(Br)sc1Br. The summed E-state index contributed by atoms with van der Waals surface area (Å²) in [6.07, 6.45) is 0. The maximum absolute atomic E-state index is 14.0. The van der Waals surface area contributed by atoms with E-state index in [1.165, 1.54) is 11.3 Å². The Bertz CT molecular complexity index is 618. The van der Waals surface area contributed by atoms with E-state index in [2.05, 4.69) is 37.2 Å². The standard InChI is InChI=1S/C12H8Br2ClF2NS/c1-18-11(6-3-10(13)19-12(6)14)5-2-9(17)7(15)4-8(5)16/h2-4,11,18H,1H3. The largest absolute Gasteiger partial charge is 0.309 e. The van der Waals surface area contributed by atoms with Gasteiger partial charge in [-0.25, -0.2) is 8.78 Å². The molecule has 19 heavy (non-hydrogen) atoms. The minimum Gasteiger partial charge on any atom is -0.309 e. The first-order chi connectivity index (χ1) is 8.93. The number of thiophene rings is 1. The molecule has 1 nitrogen and oxygen atoms in total. The van der Waals surface area contributed by atoms with Crippen LogP contribution in [-0.2, 0) is 0 Å². The highest BCUT2D eigenvalue weighted by Crippen LogP contribution is 2.38. The number of rotatable bonds is 3. The number of hydrogen-bond acceptors (Lipinski definition) is 2. The summed E-state index contributed by atoms with van der Waals surface area (Å²) in [7, 11) is 1.69. The van der Waals surface area contributed by atoms with E-state index >= 15 is 0 Å². The first-order valence-electron chi connectivity index (χ1n) is 5.20. The topological polar surface area (TPSA) is 12.0 Å². The van der Waals surface area contributed by atoms with Gasteiger partial charge in [-0.2, -0.15) is 0 Å². The van der Waals surface area contributed by atoms with Crippen LogP contribution in [0.25, 0.3) is 0 Å². The number of benzene rings is 1. The van der Waals surface area contributed by atoms with Gasteiger partial charge in [0.15, 0.2) is 0 Å². The van der Waals surface area contributed by atoms with Crippen LogP contribution in [0.2, 0.25) is 5.02 Å². The third-order valence-corrected chi connectivity index (χ3v) is 5.31. The lowest BCUT2D eigenvalue weighted by atomic mass is 10.0. The summed E-state index contributed by atoms with van der Waals surface area (Å²) in [6.45, 7) is 0. The van der Waals surface area contributed by atoms with E-state index in [1.807, 2.05) is 6.07 Å². The van der Waals surface area contributed by atoms with Crippen molar-refractivity contribution in [2.24, 2.45) is 0 Å². The molecule has 1 aromatic heterocycles. The molecule has 1 heterocycles. The van der Waals surface area contributed by atoms with Crippen LogP contribution < -0.4 is 5.32 Å². The molecule has 1 atom stereocenters. The molecule has 7 heteroatoms. The smallest absolute Gasteiger partial charge is 0.142 e. The van der Waals surface area contributed by atoms with Gasteiger partial charge in [0.1, 0.15) is 11.6 Å². The van der Waals surface area contributed by atoms with Gasteiger partial charge in [0.2, 0.25) is 0 Å². The molecule has 0 amide bonds. The quantitative estimate of drug-likeness (QED) is 0.632. The van der Waals surface area contributed by atoms with E-state index in [4.69, 9.17) is 11.6 Å². The maximum Gasteiger partial charge on any atom is 0.142 e. The first-order valence-corrected chi connectivity index (χ1v) is 7.98. The van der Waals surface area contributed by atoms with Crippen LogP contribution in [0, 0.1) is 11.6 Å². The molecule has 1 unspecified atom stereocenters. The summed E-state index contributed by atoms with van der Waals surface area (Å²) in [4.78, 5) is 0. The van der Waals surface area contributed by atoms with Gasteiger partial charge in [0.25, 0.3) is 0 Å². The first kappa shape index (κ1) is 15.4. The Kier molecular flexibility index (Phi) is 5.00. The molecule has 0 aliphatic carbocycles. The molecule has 1 aromatic carbocycles. The van der Waals surface area contributed by atoms with Crippen LogP contribution in [0.1, 0.15) is 17.2 Å². The molecule has 2 aromatic rings. The van der Waals surface area contributed by atoms with Gasteiger partial charge in [-0.3, -0.25) is 0 Å². The Morgan fingerprint density at radius 1 is 1.16 bits per heavy atom. The van der Waals surface area contributed by atoms with Gasteiger partial charge < -0.3 is 5.32 Å². The van der Waals surface area contributed by atoms with E-state index in [0.717, 1.165) is 25.3 Å². The zero-order valence-electron chi connectivity index (χ0n) is 9.61. The highest BCUT2D eigenvalue weighted by molar-refractivity contribution is 9.12. The van der Waals surface area contributed by atoms with Gasteiger partial charge in [-0.15, -0.1) is 11.3 Å². The summed E-state index contributed by atoms with van der Waals surface area (Å²) >= 11 is 13.8.